The van der Waals surface area contributed by atoms with Gasteiger partial charge in [0.15, 0.2) is 11.6 Å². The summed E-state index contributed by atoms with van der Waals surface area (Å²) >= 11 is 0. The van der Waals surface area contributed by atoms with Crippen LogP contribution < -0.4 is 10.6 Å². The number of hydrogen-bond acceptors (Lipinski definition) is 5. The summed E-state index contributed by atoms with van der Waals surface area (Å²) in [6.07, 6.45) is 2.14. The van der Waals surface area contributed by atoms with E-state index in [0.29, 0.717) is 40.9 Å². The first-order valence-corrected chi connectivity index (χ1v) is 8.71. The molecule has 0 spiro atoms. The van der Waals surface area contributed by atoms with Gasteiger partial charge in [0.2, 0.25) is 0 Å². The summed E-state index contributed by atoms with van der Waals surface area (Å²) < 4.78 is 32.0. The second-order valence-electron chi connectivity index (χ2n) is 6.70. The van der Waals surface area contributed by atoms with E-state index in [-0.39, 0.29) is 17.9 Å². The molecule has 0 aliphatic carbocycles. The molecule has 3 aromatic rings. The van der Waals surface area contributed by atoms with Crippen molar-refractivity contribution in [2.75, 3.05) is 13.1 Å². The Labute approximate surface area is 153 Å². The van der Waals surface area contributed by atoms with E-state index in [1.54, 1.807) is 19.1 Å². The molecule has 0 saturated carbocycles. The second kappa shape index (κ2) is 7.03. The first-order chi connectivity index (χ1) is 13.0. The Kier molecular flexibility index (Phi) is 4.57. The number of fused-ring (bicyclic) bond motifs is 1. The molecule has 0 bridgehead atoms. The van der Waals surface area contributed by atoms with Gasteiger partial charge in [-0.15, -0.1) is 0 Å². The topological polar surface area (TPSA) is 80.0 Å². The van der Waals surface area contributed by atoms with E-state index in [0.717, 1.165) is 12.6 Å². The second-order valence-corrected chi connectivity index (χ2v) is 6.70. The lowest BCUT2D eigenvalue weighted by molar-refractivity contribution is 0.0924. The highest BCUT2D eigenvalue weighted by Gasteiger charge is 2.29. The standard InChI is InChI=1S/C19H18F2N4O2/c1-10-14-6-12(8-23-19(14)27-25-10)18(26)24-17-9-22-5-4-13(17)11-2-3-15(20)16(21)7-11/h2-3,6-8,13,17,22H,4-5,9H2,1H3,(H,24,26). The number of pyridine rings is 1. The normalized spacial score (nSPS) is 20.0. The van der Waals surface area contributed by atoms with Crippen LogP contribution in [0.25, 0.3) is 11.1 Å². The summed E-state index contributed by atoms with van der Waals surface area (Å²) in [5.41, 5.74) is 2.10. The van der Waals surface area contributed by atoms with E-state index in [1.807, 2.05) is 0 Å². The quantitative estimate of drug-likeness (QED) is 0.739. The van der Waals surface area contributed by atoms with Gasteiger partial charge in [-0.05, 0) is 43.7 Å². The van der Waals surface area contributed by atoms with E-state index in [9.17, 15) is 13.6 Å². The minimum atomic E-state index is -0.881. The van der Waals surface area contributed by atoms with Crippen molar-refractivity contribution in [3.8, 4) is 0 Å². The zero-order valence-electron chi connectivity index (χ0n) is 14.6. The fraction of sp³-hybridized carbons (Fsp3) is 0.316. The van der Waals surface area contributed by atoms with Crippen molar-refractivity contribution < 1.29 is 18.1 Å². The zero-order chi connectivity index (χ0) is 19.0. The van der Waals surface area contributed by atoms with Crippen LogP contribution in [-0.4, -0.2) is 35.2 Å². The predicted molar refractivity (Wildman–Crippen MR) is 94.4 cm³/mol. The van der Waals surface area contributed by atoms with Gasteiger partial charge in [-0.25, -0.2) is 13.8 Å². The average Bonchev–Trinajstić information content (AvgIpc) is 3.05. The van der Waals surface area contributed by atoms with Gasteiger partial charge in [-0.1, -0.05) is 11.2 Å². The van der Waals surface area contributed by atoms with Gasteiger partial charge in [0.1, 0.15) is 0 Å². The third kappa shape index (κ3) is 3.40. The Morgan fingerprint density at radius 2 is 2.15 bits per heavy atom. The van der Waals surface area contributed by atoms with Crippen molar-refractivity contribution in [3.63, 3.8) is 0 Å². The van der Waals surface area contributed by atoms with Crippen LogP contribution in [0.2, 0.25) is 0 Å². The predicted octanol–water partition coefficient (Wildman–Crippen LogP) is 2.68. The molecule has 0 radical (unpaired) electrons. The maximum Gasteiger partial charge on any atom is 0.257 e. The number of benzene rings is 1. The molecule has 2 N–H and O–H groups in total. The number of hydrogen-bond donors (Lipinski definition) is 2. The smallest absolute Gasteiger partial charge is 0.257 e. The van der Waals surface area contributed by atoms with Crippen LogP contribution in [0.4, 0.5) is 8.78 Å². The molecule has 1 aromatic carbocycles. The molecule has 1 aliphatic rings. The average molecular weight is 372 g/mol. The summed E-state index contributed by atoms with van der Waals surface area (Å²) in [5.74, 6) is -2.16. The molecule has 140 valence electrons. The van der Waals surface area contributed by atoms with Crippen LogP contribution in [0.3, 0.4) is 0 Å². The molecule has 27 heavy (non-hydrogen) atoms. The Morgan fingerprint density at radius 1 is 1.30 bits per heavy atom. The Balaban J connectivity index is 1.57. The number of carbonyl (C=O) groups is 1. The summed E-state index contributed by atoms with van der Waals surface area (Å²) in [5, 5.41) is 10.7. The fourth-order valence-corrected chi connectivity index (χ4v) is 3.47. The van der Waals surface area contributed by atoms with Crippen LogP contribution >= 0.6 is 0 Å². The molecule has 4 rings (SSSR count). The van der Waals surface area contributed by atoms with Crippen LogP contribution in [-0.2, 0) is 0 Å². The Bertz CT molecular complexity index is 1000. The number of rotatable bonds is 3. The summed E-state index contributed by atoms with van der Waals surface area (Å²) in [6, 6.07) is 5.33. The third-order valence-electron chi connectivity index (χ3n) is 4.94. The monoisotopic (exact) mass is 372 g/mol. The minimum Gasteiger partial charge on any atom is -0.347 e. The number of amides is 1. The zero-order valence-corrected chi connectivity index (χ0v) is 14.6. The van der Waals surface area contributed by atoms with Crippen LogP contribution in [0, 0.1) is 18.6 Å². The molecule has 2 unspecified atom stereocenters. The first kappa shape index (κ1) is 17.5. The highest BCUT2D eigenvalue weighted by molar-refractivity contribution is 5.97. The van der Waals surface area contributed by atoms with Gasteiger partial charge in [0.05, 0.1) is 16.6 Å². The van der Waals surface area contributed by atoms with Gasteiger partial charge in [-0.2, -0.15) is 0 Å². The molecule has 6 nitrogen and oxygen atoms in total. The van der Waals surface area contributed by atoms with Crippen LogP contribution in [0.5, 0.6) is 0 Å². The van der Waals surface area contributed by atoms with E-state index in [1.165, 1.54) is 12.3 Å². The number of aromatic nitrogens is 2. The van der Waals surface area contributed by atoms with E-state index >= 15 is 0 Å². The minimum absolute atomic E-state index is 0.112. The van der Waals surface area contributed by atoms with E-state index < -0.39 is 11.6 Å². The van der Waals surface area contributed by atoms with Crippen molar-refractivity contribution >= 4 is 17.0 Å². The molecule has 8 heteroatoms. The molecule has 2 atom stereocenters. The number of nitrogens with zero attached hydrogens (tertiary/aromatic N) is 2. The van der Waals surface area contributed by atoms with Crippen LogP contribution in [0.1, 0.15) is 34.0 Å². The van der Waals surface area contributed by atoms with E-state index in [4.69, 9.17) is 4.52 Å². The maximum absolute atomic E-state index is 13.6. The van der Waals surface area contributed by atoms with Gasteiger partial charge < -0.3 is 15.2 Å². The number of halogens is 2. The van der Waals surface area contributed by atoms with Gasteiger partial charge in [0.25, 0.3) is 11.6 Å². The number of piperidine rings is 1. The molecule has 1 amide bonds. The number of aryl methyl sites for hydroxylation is 1. The van der Waals surface area contributed by atoms with Gasteiger partial charge in [0, 0.05) is 24.7 Å². The summed E-state index contributed by atoms with van der Waals surface area (Å²) in [6.45, 7) is 3.06. The van der Waals surface area contributed by atoms with Crippen molar-refractivity contribution in [2.45, 2.75) is 25.3 Å². The lowest BCUT2D eigenvalue weighted by Gasteiger charge is -2.33. The highest BCUT2D eigenvalue weighted by atomic mass is 19.2. The number of nitrogens with one attached hydrogen (secondary N) is 2. The van der Waals surface area contributed by atoms with Crippen molar-refractivity contribution in [3.05, 3.63) is 58.9 Å². The molecular formula is C19H18F2N4O2. The van der Waals surface area contributed by atoms with E-state index in [2.05, 4.69) is 20.8 Å². The first-order valence-electron chi connectivity index (χ1n) is 8.71. The fourth-order valence-electron chi connectivity index (χ4n) is 3.47. The lowest BCUT2D eigenvalue weighted by atomic mass is 9.86. The van der Waals surface area contributed by atoms with Crippen molar-refractivity contribution in [1.29, 1.82) is 0 Å². The summed E-state index contributed by atoms with van der Waals surface area (Å²) in [7, 11) is 0. The summed E-state index contributed by atoms with van der Waals surface area (Å²) in [4.78, 5) is 16.8. The maximum atomic E-state index is 13.6. The molecule has 1 saturated heterocycles. The van der Waals surface area contributed by atoms with Crippen molar-refractivity contribution in [1.82, 2.24) is 20.8 Å². The molecule has 2 aromatic heterocycles. The molecule has 3 heterocycles. The number of carbonyl (C=O) groups excluding carboxylic acids is 1. The third-order valence-corrected chi connectivity index (χ3v) is 4.94. The van der Waals surface area contributed by atoms with Gasteiger partial charge >= 0.3 is 0 Å². The largest absolute Gasteiger partial charge is 0.347 e. The SMILES string of the molecule is Cc1noc2ncc(C(=O)NC3CNCCC3c3ccc(F)c(F)c3)cc12. The molecular weight excluding hydrogens is 354 g/mol. The Morgan fingerprint density at radius 3 is 2.96 bits per heavy atom. The highest BCUT2D eigenvalue weighted by Crippen LogP contribution is 2.27. The molecule has 1 fully saturated rings. The lowest BCUT2D eigenvalue weighted by Crippen LogP contribution is -2.50. The van der Waals surface area contributed by atoms with Crippen LogP contribution in [0.15, 0.2) is 35.0 Å². The molecule has 1 aliphatic heterocycles. The van der Waals surface area contributed by atoms with Gasteiger partial charge in [-0.3, -0.25) is 4.79 Å². The Hall–Kier alpha value is -2.87. The van der Waals surface area contributed by atoms with Crippen molar-refractivity contribution in [2.24, 2.45) is 0 Å².